The minimum absolute atomic E-state index is 0.162. The molecule has 1 heterocycles. The number of anilines is 1. The zero-order chi connectivity index (χ0) is 13.1. The van der Waals surface area contributed by atoms with Gasteiger partial charge in [0.25, 0.3) is 0 Å². The third-order valence-corrected chi connectivity index (χ3v) is 3.77. The monoisotopic (exact) mass is 249 g/mol. The molecular formula is C13H19N3O2. The van der Waals surface area contributed by atoms with Crippen LogP contribution in [0.2, 0.25) is 0 Å². The molecule has 5 heteroatoms. The third-order valence-electron chi connectivity index (χ3n) is 3.77. The predicted molar refractivity (Wildman–Crippen MR) is 68.7 cm³/mol. The lowest BCUT2D eigenvalue weighted by Crippen LogP contribution is -2.18. The maximum absolute atomic E-state index is 10.8. The summed E-state index contributed by atoms with van der Waals surface area (Å²) in [5.41, 5.74) is 0.661. The number of nitrogens with zero attached hydrogens (tertiary/aromatic N) is 2. The topological polar surface area (TPSA) is 75.1 Å². The van der Waals surface area contributed by atoms with E-state index in [2.05, 4.69) is 22.2 Å². The van der Waals surface area contributed by atoms with Gasteiger partial charge < -0.3 is 10.4 Å². The molecule has 0 saturated heterocycles. The van der Waals surface area contributed by atoms with E-state index in [0.717, 1.165) is 12.5 Å². The van der Waals surface area contributed by atoms with Gasteiger partial charge in [-0.1, -0.05) is 19.8 Å². The molecule has 1 aliphatic carbocycles. The molecule has 1 aromatic heterocycles. The molecule has 0 spiro atoms. The summed E-state index contributed by atoms with van der Waals surface area (Å²) in [5, 5.41) is 12.1. The van der Waals surface area contributed by atoms with Crippen LogP contribution in [0.5, 0.6) is 0 Å². The summed E-state index contributed by atoms with van der Waals surface area (Å²) >= 11 is 0. The molecule has 2 N–H and O–H groups in total. The Morgan fingerprint density at radius 2 is 2.33 bits per heavy atom. The first-order valence-electron chi connectivity index (χ1n) is 6.38. The van der Waals surface area contributed by atoms with Crippen molar-refractivity contribution in [3.63, 3.8) is 0 Å². The van der Waals surface area contributed by atoms with E-state index >= 15 is 0 Å². The van der Waals surface area contributed by atoms with E-state index in [1.54, 1.807) is 6.92 Å². The molecule has 1 fully saturated rings. The molecule has 0 aliphatic heterocycles. The Labute approximate surface area is 107 Å². The van der Waals surface area contributed by atoms with Crippen LogP contribution in [0.3, 0.4) is 0 Å². The summed E-state index contributed by atoms with van der Waals surface area (Å²) < 4.78 is 0. The predicted octanol–water partition coefficient (Wildman–Crippen LogP) is 2.33. The van der Waals surface area contributed by atoms with Crippen LogP contribution in [-0.4, -0.2) is 27.6 Å². The van der Waals surface area contributed by atoms with E-state index in [4.69, 9.17) is 5.11 Å². The van der Waals surface area contributed by atoms with Gasteiger partial charge in [0.15, 0.2) is 0 Å². The molecule has 0 bridgehead atoms. The standard InChI is InChI=1S/C13H19N3O2/c1-8-4-3-5-10(8)6-14-13-15-7-11(12(17)18)9(2)16-13/h7-8,10H,3-6H2,1-2H3,(H,17,18)(H,14,15,16). The van der Waals surface area contributed by atoms with Gasteiger partial charge in [-0.05, 0) is 25.2 Å². The smallest absolute Gasteiger partial charge is 0.339 e. The molecule has 2 rings (SSSR count). The Morgan fingerprint density at radius 1 is 1.56 bits per heavy atom. The lowest BCUT2D eigenvalue weighted by molar-refractivity contribution is 0.0695. The fraction of sp³-hybridized carbons (Fsp3) is 0.615. The Balaban J connectivity index is 1.98. The summed E-state index contributed by atoms with van der Waals surface area (Å²) in [7, 11) is 0. The van der Waals surface area contributed by atoms with E-state index in [9.17, 15) is 4.79 Å². The van der Waals surface area contributed by atoms with E-state index in [-0.39, 0.29) is 5.56 Å². The Kier molecular flexibility index (Phi) is 3.79. The number of carboxylic acids is 1. The van der Waals surface area contributed by atoms with Gasteiger partial charge in [0, 0.05) is 12.7 Å². The molecule has 18 heavy (non-hydrogen) atoms. The van der Waals surface area contributed by atoms with Crippen LogP contribution in [0.4, 0.5) is 5.95 Å². The van der Waals surface area contributed by atoms with E-state index in [1.165, 1.54) is 25.5 Å². The van der Waals surface area contributed by atoms with Gasteiger partial charge in [0.2, 0.25) is 5.95 Å². The van der Waals surface area contributed by atoms with Crippen molar-refractivity contribution < 1.29 is 9.90 Å². The summed E-state index contributed by atoms with van der Waals surface area (Å²) in [6.45, 7) is 4.83. The van der Waals surface area contributed by atoms with Crippen LogP contribution in [0.15, 0.2) is 6.20 Å². The maximum Gasteiger partial charge on any atom is 0.339 e. The highest BCUT2D eigenvalue weighted by atomic mass is 16.4. The fourth-order valence-corrected chi connectivity index (χ4v) is 2.51. The van der Waals surface area contributed by atoms with Crippen LogP contribution in [0.25, 0.3) is 0 Å². The summed E-state index contributed by atoms with van der Waals surface area (Å²) in [4.78, 5) is 19.1. The quantitative estimate of drug-likeness (QED) is 0.856. The average molecular weight is 249 g/mol. The number of nitrogens with one attached hydrogen (secondary N) is 1. The van der Waals surface area contributed by atoms with Crippen molar-refractivity contribution in [2.75, 3.05) is 11.9 Å². The largest absolute Gasteiger partial charge is 0.478 e. The second-order valence-electron chi connectivity index (χ2n) is 5.05. The zero-order valence-corrected chi connectivity index (χ0v) is 10.8. The number of hydrogen-bond acceptors (Lipinski definition) is 4. The summed E-state index contributed by atoms with van der Waals surface area (Å²) in [6.07, 6.45) is 5.21. The molecule has 98 valence electrons. The van der Waals surface area contributed by atoms with Gasteiger partial charge in [0.1, 0.15) is 0 Å². The molecule has 2 atom stereocenters. The number of aromatic nitrogens is 2. The van der Waals surface area contributed by atoms with Gasteiger partial charge >= 0.3 is 5.97 Å². The first kappa shape index (κ1) is 12.8. The normalized spacial score (nSPS) is 23.0. The SMILES string of the molecule is Cc1nc(NCC2CCCC2C)ncc1C(=O)O. The molecule has 2 unspecified atom stereocenters. The number of aromatic carboxylic acids is 1. The van der Waals surface area contributed by atoms with Crippen molar-refractivity contribution in [3.8, 4) is 0 Å². The Morgan fingerprint density at radius 3 is 2.89 bits per heavy atom. The highest BCUT2D eigenvalue weighted by Crippen LogP contribution is 2.30. The van der Waals surface area contributed by atoms with Crippen molar-refractivity contribution in [3.05, 3.63) is 17.5 Å². The lowest BCUT2D eigenvalue weighted by atomic mass is 9.98. The Hall–Kier alpha value is -1.65. The average Bonchev–Trinajstić information content (AvgIpc) is 2.72. The number of aryl methyl sites for hydroxylation is 1. The fourth-order valence-electron chi connectivity index (χ4n) is 2.51. The first-order chi connectivity index (χ1) is 8.58. The van der Waals surface area contributed by atoms with Crippen molar-refractivity contribution >= 4 is 11.9 Å². The van der Waals surface area contributed by atoms with E-state index in [1.807, 2.05) is 0 Å². The van der Waals surface area contributed by atoms with E-state index < -0.39 is 5.97 Å². The van der Waals surface area contributed by atoms with Gasteiger partial charge in [-0.3, -0.25) is 0 Å². The number of hydrogen-bond donors (Lipinski definition) is 2. The minimum atomic E-state index is -0.983. The van der Waals surface area contributed by atoms with Crippen molar-refractivity contribution in [2.45, 2.75) is 33.1 Å². The van der Waals surface area contributed by atoms with Crippen molar-refractivity contribution in [1.29, 1.82) is 0 Å². The molecule has 1 saturated carbocycles. The summed E-state index contributed by atoms with van der Waals surface area (Å²) in [5.74, 6) is 0.963. The number of carboxylic acid groups (broad SMARTS) is 1. The molecule has 0 radical (unpaired) electrons. The maximum atomic E-state index is 10.8. The zero-order valence-electron chi connectivity index (χ0n) is 10.8. The first-order valence-corrected chi connectivity index (χ1v) is 6.38. The van der Waals surface area contributed by atoms with Crippen LogP contribution in [0.1, 0.15) is 42.2 Å². The molecule has 1 aliphatic rings. The molecule has 1 aromatic rings. The van der Waals surface area contributed by atoms with Gasteiger partial charge in [-0.2, -0.15) is 0 Å². The minimum Gasteiger partial charge on any atom is -0.478 e. The molecular weight excluding hydrogens is 230 g/mol. The van der Waals surface area contributed by atoms with Crippen molar-refractivity contribution in [2.24, 2.45) is 11.8 Å². The van der Waals surface area contributed by atoms with Gasteiger partial charge in [-0.25, -0.2) is 14.8 Å². The van der Waals surface area contributed by atoms with Gasteiger partial charge in [0.05, 0.1) is 11.3 Å². The third kappa shape index (κ3) is 2.78. The molecule has 0 aromatic carbocycles. The highest BCUT2D eigenvalue weighted by molar-refractivity contribution is 5.88. The van der Waals surface area contributed by atoms with E-state index in [0.29, 0.717) is 17.6 Å². The second-order valence-corrected chi connectivity index (χ2v) is 5.05. The van der Waals surface area contributed by atoms with Crippen LogP contribution >= 0.6 is 0 Å². The number of rotatable bonds is 4. The molecule has 5 nitrogen and oxygen atoms in total. The molecule has 0 amide bonds. The lowest BCUT2D eigenvalue weighted by Gasteiger charge is -2.16. The summed E-state index contributed by atoms with van der Waals surface area (Å²) in [6, 6.07) is 0. The van der Waals surface area contributed by atoms with Crippen LogP contribution in [0, 0.1) is 18.8 Å². The van der Waals surface area contributed by atoms with Crippen molar-refractivity contribution in [1.82, 2.24) is 9.97 Å². The van der Waals surface area contributed by atoms with Gasteiger partial charge in [-0.15, -0.1) is 0 Å². The van der Waals surface area contributed by atoms with Crippen LogP contribution < -0.4 is 5.32 Å². The van der Waals surface area contributed by atoms with Crippen LogP contribution in [-0.2, 0) is 0 Å². The number of carbonyl (C=O) groups is 1. The highest BCUT2D eigenvalue weighted by Gasteiger charge is 2.23. The second kappa shape index (κ2) is 5.33. The Bertz CT molecular complexity index is 448.